The van der Waals surface area contributed by atoms with Gasteiger partial charge in [-0.05, 0) is 12.1 Å². The molecule has 0 aliphatic carbocycles. The molecule has 4 heteroatoms. The van der Waals surface area contributed by atoms with E-state index in [0.29, 0.717) is 15.6 Å². The van der Waals surface area contributed by atoms with Crippen LogP contribution in [0.1, 0.15) is 5.56 Å². The van der Waals surface area contributed by atoms with Crippen LogP contribution in [0.15, 0.2) is 30.9 Å². The second-order valence-electron chi connectivity index (χ2n) is 2.55. The Morgan fingerprint density at radius 3 is 2.79 bits per heavy atom. The summed E-state index contributed by atoms with van der Waals surface area (Å²) in [7, 11) is 0. The van der Waals surface area contributed by atoms with Gasteiger partial charge in [-0.3, -0.25) is 0 Å². The summed E-state index contributed by atoms with van der Waals surface area (Å²) in [5.74, 6) is -0.476. The molecule has 2 nitrogen and oxygen atoms in total. The Labute approximate surface area is 92.1 Å². The monoisotopic (exact) mass is 230 g/mol. The van der Waals surface area contributed by atoms with Crippen LogP contribution in [0.5, 0.6) is 0 Å². The molecule has 0 bridgehead atoms. The fraction of sp³-hybridized carbons (Fsp3) is 0.100. The summed E-state index contributed by atoms with van der Waals surface area (Å²) in [4.78, 5) is 10.8. The Morgan fingerprint density at radius 1 is 1.50 bits per heavy atom. The zero-order valence-corrected chi connectivity index (χ0v) is 8.81. The summed E-state index contributed by atoms with van der Waals surface area (Å²) in [5.41, 5.74) is 0.714. The zero-order valence-electron chi connectivity index (χ0n) is 7.30. The predicted octanol–water partition coefficient (Wildman–Crippen LogP) is 3.22. The molecule has 0 unspecified atom stereocenters. The zero-order chi connectivity index (χ0) is 10.6. The molecule has 0 amide bonds. The fourth-order valence-electron chi connectivity index (χ4n) is 0.847. The normalized spacial score (nSPS) is 9.57. The highest BCUT2D eigenvalue weighted by molar-refractivity contribution is 6.35. The largest absolute Gasteiger partial charge is 0.458 e. The van der Waals surface area contributed by atoms with Crippen molar-refractivity contribution in [1.82, 2.24) is 0 Å². The first kappa shape index (κ1) is 11.1. The van der Waals surface area contributed by atoms with Crippen molar-refractivity contribution >= 4 is 29.2 Å². The van der Waals surface area contributed by atoms with E-state index in [1.807, 2.05) is 0 Å². The molecule has 0 saturated carbocycles. The maximum atomic E-state index is 10.8. The Kier molecular flexibility index (Phi) is 3.98. The van der Waals surface area contributed by atoms with Crippen LogP contribution in [-0.2, 0) is 16.1 Å². The number of carbonyl (C=O) groups is 1. The molecule has 0 aliphatic heterocycles. The van der Waals surface area contributed by atoms with Gasteiger partial charge in [0.15, 0.2) is 0 Å². The second kappa shape index (κ2) is 5.03. The van der Waals surface area contributed by atoms with E-state index >= 15 is 0 Å². The van der Waals surface area contributed by atoms with Gasteiger partial charge in [0.05, 0.1) is 0 Å². The summed E-state index contributed by atoms with van der Waals surface area (Å²) < 4.78 is 4.81. The van der Waals surface area contributed by atoms with E-state index in [4.69, 9.17) is 27.9 Å². The van der Waals surface area contributed by atoms with Gasteiger partial charge in [-0.2, -0.15) is 0 Å². The number of ether oxygens (including phenoxy) is 1. The van der Waals surface area contributed by atoms with Crippen molar-refractivity contribution < 1.29 is 9.53 Å². The SMILES string of the molecule is C=CC(=O)OCc1ccc(Cl)cc1Cl. The molecule has 0 atom stereocenters. The quantitative estimate of drug-likeness (QED) is 0.589. The van der Waals surface area contributed by atoms with Crippen LogP contribution >= 0.6 is 23.2 Å². The summed E-state index contributed by atoms with van der Waals surface area (Å²) in [6, 6.07) is 4.99. The van der Waals surface area contributed by atoms with Gasteiger partial charge >= 0.3 is 5.97 Å². The highest BCUT2D eigenvalue weighted by Crippen LogP contribution is 2.21. The summed E-state index contributed by atoms with van der Waals surface area (Å²) in [5, 5.41) is 1.03. The molecule has 0 heterocycles. The Bertz CT molecular complexity index is 361. The lowest BCUT2D eigenvalue weighted by Gasteiger charge is -2.04. The number of hydrogen-bond donors (Lipinski definition) is 0. The van der Waals surface area contributed by atoms with E-state index in [0.717, 1.165) is 6.08 Å². The van der Waals surface area contributed by atoms with Crippen LogP contribution in [-0.4, -0.2) is 5.97 Å². The number of rotatable bonds is 3. The lowest BCUT2D eigenvalue weighted by atomic mass is 10.2. The van der Waals surface area contributed by atoms with E-state index < -0.39 is 5.97 Å². The van der Waals surface area contributed by atoms with Crippen LogP contribution in [0.4, 0.5) is 0 Å². The number of hydrogen-bond acceptors (Lipinski definition) is 2. The maximum Gasteiger partial charge on any atom is 0.330 e. The predicted molar refractivity (Wildman–Crippen MR) is 56.5 cm³/mol. The van der Waals surface area contributed by atoms with Crippen molar-refractivity contribution in [3.8, 4) is 0 Å². The van der Waals surface area contributed by atoms with Gasteiger partial charge in [-0.1, -0.05) is 35.8 Å². The fourth-order valence-corrected chi connectivity index (χ4v) is 1.31. The molecule has 0 radical (unpaired) electrons. The van der Waals surface area contributed by atoms with Gasteiger partial charge in [-0.25, -0.2) is 4.79 Å². The summed E-state index contributed by atoms with van der Waals surface area (Å²) >= 11 is 11.6. The molecule has 74 valence electrons. The minimum atomic E-state index is -0.476. The maximum absolute atomic E-state index is 10.8. The first-order valence-electron chi connectivity index (χ1n) is 3.86. The van der Waals surface area contributed by atoms with Gasteiger partial charge in [0.1, 0.15) is 6.61 Å². The van der Waals surface area contributed by atoms with Gasteiger partial charge < -0.3 is 4.74 Å². The molecule has 1 aromatic rings. The molecule has 0 aromatic heterocycles. The number of carbonyl (C=O) groups excluding carboxylic acids is 1. The molecule has 1 rings (SSSR count). The van der Waals surface area contributed by atoms with Crippen LogP contribution in [0.3, 0.4) is 0 Å². The van der Waals surface area contributed by atoms with Gasteiger partial charge in [-0.15, -0.1) is 0 Å². The van der Waals surface area contributed by atoms with Crippen LogP contribution < -0.4 is 0 Å². The Balaban J connectivity index is 2.68. The van der Waals surface area contributed by atoms with E-state index in [9.17, 15) is 4.79 Å². The molecule has 1 aromatic carbocycles. The van der Waals surface area contributed by atoms with Crippen molar-refractivity contribution in [2.75, 3.05) is 0 Å². The average Bonchev–Trinajstić information content (AvgIpc) is 2.16. The molecule has 0 fully saturated rings. The average molecular weight is 231 g/mol. The van der Waals surface area contributed by atoms with Crippen LogP contribution in [0.25, 0.3) is 0 Å². The van der Waals surface area contributed by atoms with E-state index in [1.54, 1.807) is 18.2 Å². The molecule has 14 heavy (non-hydrogen) atoms. The minimum absolute atomic E-state index is 0.126. The highest BCUT2D eigenvalue weighted by atomic mass is 35.5. The summed E-state index contributed by atoms with van der Waals surface area (Å²) in [6.07, 6.45) is 1.10. The standard InChI is InChI=1S/C10H8Cl2O2/c1-2-10(13)14-6-7-3-4-8(11)5-9(7)12/h2-5H,1,6H2. The molecular weight excluding hydrogens is 223 g/mol. The van der Waals surface area contributed by atoms with Crippen molar-refractivity contribution in [2.45, 2.75) is 6.61 Å². The molecule has 0 aliphatic rings. The van der Waals surface area contributed by atoms with E-state index in [1.165, 1.54) is 0 Å². The van der Waals surface area contributed by atoms with Crippen LogP contribution in [0.2, 0.25) is 10.0 Å². The number of esters is 1. The van der Waals surface area contributed by atoms with Crippen molar-refractivity contribution in [2.24, 2.45) is 0 Å². The number of halogens is 2. The smallest absolute Gasteiger partial charge is 0.330 e. The lowest BCUT2D eigenvalue weighted by molar-refractivity contribution is -0.138. The first-order valence-corrected chi connectivity index (χ1v) is 4.62. The number of benzene rings is 1. The molecular formula is C10H8Cl2O2. The summed E-state index contributed by atoms with van der Waals surface area (Å²) in [6.45, 7) is 3.41. The van der Waals surface area contributed by atoms with Crippen molar-refractivity contribution in [1.29, 1.82) is 0 Å². The van der Waals surface area contributed by atoms with Gasteiger partial charge in [0, 0.05) is 21.7 Å². The molecule has 0 saturated heterocycles. The highest BCUT2D eigenvalue weighted by Gasteiger charge is 2.03. The first-order chi connectivity index (χ1) is 6.63. The third-order valence-electron chi connectivity index (χ3n) is 1.55. The Hall–Kier alpha value is -0.990. The third kappa shape index (κ3) is 3.05. The minimum Gasteiger partial charge on any atom is -0.458 e. The lowest BCUT2D eigenvalue weighted by Crippen LogP contribution is -2.00. The van der Waals surface area contributed by atoms with Crippen molar-refractivity contribution in [3.05, 3.63) is 46.5 Å². The Morgan fingerprint density at radius 2 is 2.21 bits per heavy atom. The molecule has 0 N–H and O–H groups in total. The topological polar surface area (TPSA) is 26.3 Å². The second-order valence-corrected chi connectivity index (χ2v) is 3.39. The van der Waals surface area contributed by atoms with E-state index in [2.05, 4.69) is 6.58 Å². The van der Waals surface area contributed by atoms with Crippen LogP contribution in [0, 0.1) is 0 Å². The third-order valence-corrected chi connectivity index (χ3v) is 2.14. The van der Waals surface area contributed by atoms with E-state index in [-0.39, 0.29) is 6.61 Å². The van der Waals surface area contributed by atoms with Gasteiger partial charge in [0.2, 0.25) is 0 Å². The van der Waals surface area contributed by atoms with Crippen molar-refractivity contribution in [3.63, 3.8) is 0 Å². The van der Waals surface area contributed by atoms with Gasteiger partial charge in [0.25, 0.3) is 0 Å². The molecule has 0 spiro atoms.